The summed E-state index contributed by atoms with van der Waals surface area (Å²) in [5.41, 5.74) is 0. The van der Waals surface area contributed by atoms with Crippen LogP contribution >= 0.6 is 0 Å². The Bertz CT molecular complexity index is 296. The van der Waals surface area contributed by atoms with Crippen LogP contribution in [-0.2, 0) is 8.85 Å². The van der Waals surface area contributed by atoms with E-state index in [1.165, 1.54) is 0 Å². The zero-order valence-electron chi connectivity index (χ0n) is 9.90. The van der Waals surface area contributed by atoms with Gasteiger partial charge in [0.15, 0.2) is 0 Å². The van der Waals surface area contributed by atoms with Crippen LogP contribution < -0.4 is 5.19 Å². The van der Waals surface area contributed by atoms with Gasteiger partial charge in [0.2, 0.25) is 0 Å². The summed E-state index contributed by atoms with van der Waals surface area (Å²) < 4.78 is 11.4. The maximum atomic E-state index is 9.75. The molecule has 0 amide bonds. The van der Waals surface area contributed by atoms with Gasteiger partial charge in [0, 0.05) is 18.4 Å². The molecule has 0 atom stereocenters. The molecule has 3 nitrogen and oxygen atoms in total. The summed E-state index contributed by atoms with van der Waals surface area (Å²) in [5.74, 6) is 0.267. The normalized spacial score (nSPS) is 10.9. The lowest BCUT2D eigenvalue weighted by Crippen LogP contribution is -2.37. The third kappa shape index (κ3) is 3.96. The summed E-state index contributed by atoms with van der Waals surface area (Å²) in [4.78, 5) is 0. The Morgan fingerprint density at radius 3 is 2.12 bits per heavy atom. The number of aromatic hydroxyl groups is 1. The lowest BCUT2D eigenvalue weighted by Gasteiger charge is -2.15. The summed E-state index contributed by atoms with van der Waals surface area (Å²) in [6, 6.07) is 7.24. The van der Waals surface area contributed by atoms with Crippen molar-refractivity contribution in [2.24, 2.45) is 0 Å². The van der Waals surface area contributed by atoms with Gasteiger partial charge < -0.3 is 14.0 Å². The molecule has 89 valence electrons. The average Bonchev–Trinajstić information content (AvgIpc) is 2.31. The van der Waals surface area contributed by atoms with Gasteiger partial charge in [-0.3, -0.25) is 0 Å². The molecule has 16 heavy (non-hydrogen) atoms. The average molecular weight is 239 g/mol. The minimum absolute atomic E-state index is 0.267. The molecule has 0 heterocycles. The highest BCUT2D eigenvalue weighted by Crippen LogP contribution is 2.07. The molecule has 1 N–H and O–H groups in total. The van der Waals surface area contributed by atoms with Crippen molar-refractivity contribution in [2.45, 2.75) is 26.7 Å². The van der Waals surface area contributed by atoms with Crippen LogP contribution in [0.15, 0.2) is 24.3 Å². The molecule has 0 aliphatic rings. The Balaban J connectivity index is 2.70. The molecule has 0 aromatic heterocycles. The standard InChI is InChI=1S/C12H19O3Si/c1-3-9-14-16(15-10-4-2)12-8-6-5-7-11(12)13/h5-8,13H,3-4,9-10H2,1-2H3. The summed E-state index contributed by atoms with van der Waals surface area (Å²) in [7, 11) is -1.53. The predicted octanol–water partition coefficient (Wildman–Crippen LogP) is 1.94. The molecule has 0 fully saturated rings. The number of phenols is 1. The molecule has 0 unspecified atom stereocenters. The fourth-order valence-corrected chi connectivity index (χ4v) is 2.93. The second-order valence-corrected chi connectivity index (χ2v) is 5.19. The van der Waals surface area contributed by atoms with E-state index in [0.29, 0.717) is 13.2 Å². The van der Waals surface area contributed by atoms with E-state index in [4.69, 9.17) is 8.85 Å². The summed E-state index contributed by atoms with van der Waals surface area (Å²) >= 11 is 0. The molecule has 4 heteroatoms. The van der Waals surface area contributed by atoms with E-state index in [1.807, 2.05) is 12.1 Å². The molecular weight excluding hydrogens is 220 g/mol. The van der Waals surface area contributed by atoms with Crippen LogP contribution in [0.1, 0.15) is 26.7 Å². The molecule has 1 aromatic rings. The first-order chi connectivity index (χ1) is 7.79. The highest BCUT2D eigenvalue weighted by molar-refractivity contribution is 6.62. The van der Waals surface area contributed by atoms with Gasteiger partial charge in [-0.05, 0) is 18.9 Å². The first-order valence-corrected chi connectivity index (χ1v) is 7.02. The minimum atomic E-state index is -1.53. The molecule has 1 radical (unpaired) electrons. The van der Waals surface area contributed by atoms with E-state index in [0.717, 1.165) is 18.0 Å². The van der Waals surface area contributed by atoms with Gasteiger partial charge in [0.25, 0.3) is 0 Å². The van der Waals surface area contributed by atoms with Gasteiger partial charge in [-0.15, -0.1) is 0 Å². The van der Waals surface area contributed by atoms with Crippen LogP contribution in [0.25, 0.3) is 0 Å². The van der Waals surface area contributed by atoms with Gasteiger partial charge in [-0.25, -0.2) is 0 Å². The van der Waals surface area contributed by atoms with Crippen molar-refractivity contribution in [3.8, 4) is 5.75 Å². The van der Waals surface area contributed by atoms with Crippen molar-refractivity contribution in [3.63, 3.8) is 0 Å². The quantitative estimate of drug-likeness (QED) is 0.739. The van der Waals surface area contributed by atoms with Gasteiger partial charge in [0.1, 0.15) is 5.75 Å². The van der Waals surface area contributed by atoms with Crippen LogP contribution in [0.3, 0.4) is 0 Å². The lowest BCUT2D eigenvalue weighted by atomic mass is 10.3. The summed E-state index contributed by atoms with van der Waals surface area (Å²) in [5, 5.41) is 10.5. The van der Waals surface area contributed by atoms with Crippen LogP contribution in [0.5, 0.6) is 5.75 Å². The molecule has 0 aliphatic carbocycles. The summed E-state index contributed by atoms with van der Waals surface area (Å²) in [6.45, 7) is 5.47. The number of para-hydroxylation sites is 1. The Morgan fingerprint density at radius 1 is 1.06 bits per heavy atom. The van der Waals surface area contributed by atoms with Crippen molar-refractivity contribution < 1.29 is 14.0 Å². The maximum absolute atomic E-state index is 9.75. The molecule has 0 aliphatic heterocycles. The van der Waals surface area contributed by atoms with Crippen LogP contribution in [0.4, 0.5) is 0 Å². The molecule has 0 saturated carbocycles. The first-order valence-electron chi connectivity index (χ1n) is 5.70. The number of phenolic OH excluding ortho intramolecular Hbond substituents is 1. The molecular formula is C12H19O3Si. The SMILES string of the molecule is CCCO[Si](OCCC)c1ccccc1O. The number of rotatable bonds is 7. The molecule has 1 aromatic carbocycles. The van der Waals surface area contributed by atoms with E-state index in [-0.39, 0.29) is 5.75 Å². The highest BCUT2D eigenvalue weighted by atomic mass is 28.3. The molecule has 1 rings (SSSR count). The van der Waals surface area contributed by atoms with Crippen LogP contribution in [0, 0.1) is 0 Å². The van der Waals surface area contributed by atoms with Gasteiger partial charge in [-0.2, -0.15) is 0 Å². The smallest absolute Gasteiger partial charge is 0.427 e. The third-order valence-corrected chi connectivity index (χ3v) is 3.79. The van der Waals surface area contributed by atoms with Crippen molar-refractivity contribution in [3.05, 3.63) is 24.3 Å². The zero-order chi connectivity index (χ0) is 11.8. The van der Waals surface area contributed by atoms with Crippen molar-refractivity contribution in [2.75, 3.05) is 13.2 Å². The lowest BCUT2D eigenvalue weighted by molar-refractivity contribution is 0.207. The van der Waals surface area contributed by atoms with Crippen molar-refractivity contribution in [1.82, 2.24) is 0 Å². The second kappa shape index (κ2) is 7.43. The Kier molecular flexibility index (Phi) is 6.14. The monoisotopic (exact) mass is 239 g/mol. The first kappa shape index (κ1) is 13.2. The Hall–Kier alpha value is -0.843. The topological polar surface area (TPSA) is 38.7 Å². The fraction of sp³-hybridized carbons (Fsp3) is 0.500. The minimum Gasteiger partial charge on any atom is -0.508 e. The second-order valence-electron chi connectivity index (χ2n) is 3.50. The van der Waals surface area contributed by atoms with Crippen LogP contribution in [0.2, 0.25) is 0 Å². The van der Waals surface area contributed by atoms with E-state index < -0.39 is 9.28 Å². The fourth-order valence-electron chi connectivity index (χ4n) is 1.23. The largest absolute Gasteiger partial charge is 0.508 e. The Labute approximate surface area is 98.9 Å². The highest BCUT2D eigenvalue weighted by Gasteiger charge is 2.21. The van der Waals surface area contributed by atoms with Gasteiger partial charge in [0.05, 0.1) is 0 Å². The molecule has 0 bridgehead atoms. The molecule has 0 spiro atoms. The number of hydrogen-bond acceptors (Lipinski definition) is 3. The number of hydrogen-bond donors (Lipinski definition) is 1. The zero-order valence-corrected chi connectivity index (χ0v) is 10.9. The van der Waals surface area contributed by atoms with Crippen molar-refractivity contribution in [1.29, 1.82) is 0 Å². The summed E-state index contributed by atoms with van der Waals surface area (Å²) in [6.07, 6.45) is 1.91. The van der Waals surface area contributed by atoms with Gasteiger partial charge >= 0.3 is 9.28 Å². The van der Waals surface area contributed by atoms with Gasteiger partial charge in [-0.1, -0.05) is 32.0 Å². The van der Waals surface area contributed by atoms with E-state index in [9.17, 15) is 5.11 Å². The maximum Gasteiger partial charge on any atom is 0.427 e. The van der Waals surface area contributed by atoms with Crippen LogP contribution in [-0.4, -0.2) is 27.6 Å². The van der Waals surface area contributed by atoms with E-state index >= 15 is 0 Å². The predicted molar refractivity (Wildman–Crippen MR) is 66.0 cm³/mol. The third-order valence-electron chi connectivity index (χ3n) is 2.00. The van der Waals surface area contributed by atoms with E-state index in [1.54, 1.807) is 12.1 Å². The number of benzene rings is 1. The van der Waals surface area contributed by atoms with E-state index in [2.05, 4.69) is 13.8 Å². The van der Waals surface area contributed by atoms with Crippen molar-refractivity contribution >= 4 is 14.5 Å². The Morgan fingerprint density at radius 2 is 1.62 bits per heavy atom. The molecule has 0 saturated heterocycles.